The summed E-state index contributed by atoms with van der Waals surface area (Å²) in [5, 5.41) is 3.39. The van der Waals surface area contributed by atoms with Crippen LogP contribution in [0.1, 0.15) is 24.0 Å². The minimum absolute atomic E-state index is 0.342. The molecule has 2 aromatic carbocycles. The third kappa shape index (κ3) is 5.69. The number of morpholine rings is 1. The van der Waals surface area contributed by atoms with E-state index in [1.165, 1.54) is 12.1 Å². The van der Waals surface area contributed by atoms with Crippen molar-refractivity contribution in [2.45, 2.75) is 31.6 Å². The molecule has 2 aromatic heterocycles. The molecule has 0 aliphatic carbocycles. The molecule has 4 aromatic rings. The van der Waals surface area contributed by atoms with Crippen LogP contribution in [0.5, 0.6) is 0 Å². The molecule has 39 heavy (non-hydrogen) atoms. The zero-order chi connectivity index (χ0) is 26.8. The highest BCUT2D eigenvalue weighted by atomic mass is 19.4. The van der Waals surface area contributed by atoms with Crippen LogP contribution in [0.25, 0.3) is 11.2 Å². The molecule has 2 fully saturated rings. The van der Waals surface area contributed by atoms with Crippen molar-refractivity contribution < 1.29 is 17.9 Å². The summed E-state index contributed by atoms with van der Waals surface area (Å²) >= 11 is 0. The molecule has 8 nitrogen and oxygen atoms in total. The largest absolute Gasteiger partial charge is 0.416 e. The number of alkyl halides is 3. The first kappa shape index (κ1) is 25.6. The molecule has 2 aliphatic rings. The van der Waals surface area contributed by atoms with Gasteiger partial charge in [0.15, 0.2) is 17.0 Å². The Bertz CT molecular complexity index is 1390. The average molecular weight is 538 g/mol. The molecule has 4 heterocycles. The molecule has 11 heteroatoms. The minimum Gasteiger partial charge on any atom is -0.379 e. The second-order valence-electron chi connectivity index (χ2n) is 9.97. The van der Waals surface area contributed by atoms with Gasteiger partial charge in [-0.05, 0) is 42.7 Å². The molecule has 0 atom stereocenters. The third-order valence-corrected chi connectivity index (χ3v) is 7.43. The first-order chi connectivity index (χ1) is 18.9. The number of aromatic nitrogens is 4. The highest BCUT2D eigenvalue weighted by Gasteiger charge is 2.30. The first-order valence-corrected chi connectivity index (χ1v) is 13.2. The summed E-state index contributed by atoms with van der Waals surface area (Å²) < 4.78 is 46.5. The van der Waals surface area contributed by atoms with Crippen molar-refractivity contribution in [3.05, 3.63) is 72.1 Å². The van der Waals surface area contributed by atoms with Gasteiger partial charge in [-0.2, -0.15) is 23.1 Å². The maximum atomic E-state index is 13.0. The summed E-state index contributed by atoms with van der Waals surface area (Å²) in [5.41, 5.74) is 2.19. The fourth-order valence-electron chi connectivity index (χ4n) is 5.30. The van der Waals surface area contributed by atoms with Crippen LogP contribution in [0.3, 0.4) is 0 Å². The molecule has 0 saturated carbocycles. The minimum atomic E-state index is -4.37. The van der Waals surface area contributed by atoms with E-state index >= 15 is 0 Å². The van der Waals surface area contributed by atoms with Gasteiger partial charge >= 0.3 is 6.18 Å². The second-order valence-corrected chi connectivity index (χ2v) is 9.97. The van der Waals surface area contributed by atoms with E-state index in [1.807, 2.05) is 34.9 Å². The number of nitrogens with zero attached hydrogens (tertiary/aromatic N) is 6. The standard InChI is InChI=1S/C28H30F3N7O/c29-28(30,31)21-8-6-20(7-9-21)18-38-19-32-24-25(33-22-4-2-1-3-5-22)34-27(35-26(24)38)37-12-10-23(11-13-37)36-14-16-39-17-15-36/h1-9,19,23H,10-18H2,(H,33,34,35). The Kier molecular flexibility index (Phi) is 7.09. The average Bonchev–Trinajstić information content (AvgIpc) is 3.37. The number of rotatable bonds is 6. The SMILES string of the molecule is FC(F)(F)c1ccc(Cn2cnc3c(Nc4ccccc4)nc(N4CCC(N5CCOCC5)CC4)nc32)cc1. The molecule has 204 valence electrons. The molecule has 0 spiro atoms. The number of hydrogen-bond acceptors (Lipinski definition) is 7. The van der Waals surface area contributed by atoms with Crippen LogP contribution < -0.4 is 10.2 Å². The van der Waals surface area contributed by atoms with Gasteiger partial charge in [-0.1, -0.05) is 30.3 Å². The Morgan fingerprint density at radius 2 is 1.62 bits per heavy atom. The number of imidazole rings is 1. The van der Waals surface area contributed by atoms with Crippen LogP contribution >= 0.6 is 0 Å². The van der Waals surface area contributed by atoms with Crippen LogP contribution in [0.2, 0.25) is 0 Å². The Morgan fingerprint density at radius 1 is 0.897 bits per heavy atom. The number of hydrogen-bond donors (Lipinski definition) is 1. The number of benzene rings is 2. The van der Waals surface area contributed by atoms with Crippen LogP contribution in [0.4, 0.5) is 30.6 Å². The zero-order valence-corrected chi connectivity index (χ0v) is 21.4. The molecule has 0 amide bonds. The number of anilines is 3. The fraction of sp³-hybridized carbons (Fsp3) is 0.393. The van der Waals surface area contributed by atoms with Crippen molar-refractivity contribution in [2.24, 2.45) is 0 Å². The maximum absolute atomic E-state index is 13.0. The zero-order valence-electron chi connectivity index (χ0n) is 21.4. The van der Waals surface area contributed by atoms with Crippen molar-refractivity contribution in [1.29, 1.82) is 0 Å². The lowest BCUT2D eigenvalue weighted by molar-refractivity contribution is -0.137. The molecule has 2 aliphatic heterocycles. The summed E-state index contributed by atoms with van der Waals surface area (Å²) in [7, 11) is 0. The van der Waals surface area contributed by atoms with E-state index in [2.05, 4.69) is 20.1 Å². The van der Waals surface area contributed by atoms with Gasteiger partial charge < -0.3 is 19.5 Å². The highest BCUT2D eigenvalue weighted by Crippen LogP contribution is 2.30. The lowest BCUT2D eigenvalue weighted by atomic mass is 10.0. The predicted molar refractivity (Wildman–Crippen MR) is 143 cm³/mol. The Balaban J connectivity index is 1.29. The normalized spacial score (nSPS) is 17.6. The van der Waals surface area contributed by atoms with E-state index in [4.69, 9.17) is 14.7 Å². The van der Waals surface area contributed by atoms with Gasteiger partial charge in [0.1, 0.15) is 0 Å². The van der Waals surface area contributed by atoms with Gasteiger partial charge in [0.25, 0.3) is 0 Å². The summed E-state index contributed by atoms with van der Waals surface area (Å²) in [6.07, 6.45) is -0.654. The van der Waals surface area contributed by atoms with Gasteiger partial charge in [0.05, 0.1) is 31.6 Å². The van der Waals surface area contributed by atoms with Gasteiger partial charge in [-0.25, -0.2) is 4.98 Å². The Labute approximate surface area is 224 Å². The van der Waals surface area contributed by atoms with E-state index in [9.17, 15) is 13.2 Å². The van der Waals surface area contributed by atoms with E-state index in [0.29, 0.717) is 35.5 Å². The maximum Gasteiger partial charge on any atom is 0.416 e. The smallest absolute Gasteiger partial charge is 0.379 e. The van der Waals surface area contributed by atoms with E-state index in [0.717, 1.165) is 75.6 Å². The monoisotopic (exact) mass is 537 g/mol. The lowest BCUT2D eigenvalue weighted by Gasteiger charge is -2.40. The first-order valence-electron chi connectivity index (χ1n) is 13.2. The van der Waals surface area contributed by atoms with Crippen molar-refractivity contribution in [3.8, 4) is 0 Å². The van der Waals surface area contributed by atoms with Gasteiger partial charge in [-0.15, -0.1) is 0 Å². The molecular formula is C28H30F3N7O. The number of piperidine rings is 1. The number of ether oxygens (including phenoxy) is 1. The van der Waals surface area contributed by atoms with Gasteiger partial charge in [0.2, 0.25) is 5.95 Å². The molecule has 0 bridgehead atoms. The quantitative estimate of drug-likeness (QED) is 0.374. The summed E-state index contributed by atoms with van der Waals surface area (Å²) in [6.45, 7) is 5.54. The molecule has 1 N–H and O–H groups in total. The van der Waals surface area contributed by atoms with Crippen LogP contribution in [-0.2, 0) is 17.5 Å². The molecule has 0 unspecified atom stereocenters. The molecule has 2 saturated heterocycles. The van der Waals surface area contributed by atoms with Crippen LogP contribution in [-0.4, -0.2) is 69.9 Å². The van der Waals surface area contributed by atoms with Crippen LogP contribution in [0, 0.1) is 0 Å². The van der Waals surface area contributed by atoms with Crippen molar-refractivity contribution in [2.75, 3.05) is 49.6 Å². The molecular weight excluding hydrogens is 507 g/mol. The van der Waals surface area contributed by atoms with E-state index in [-0.39, 0.29) is 0 Å². The Morgan fingerprint density at radius 3 is 2.31 bits per heavy atom. The number of fused-ring (bicyclic) bond motifs is 1. The van der Waals surface area contributed by atoms with E-state index < -0.39 is 11.7 Å². The molecule has 6 rings (SSSR count). The topological polar surface area (TPSA) is 71.3 Å². The number of para-hydroxylation sites is 1. The van der Waals surface area contributed by atoms with Crippen LogP contribution in [0.15, 0.2) is 60.9 Å². The number of nitrogens with one attached hydrogen (secondary N) is 1. The summed E-state index contributed by atoms with van der Waals surface area (Å²) in [5.74, 6) is 1.22. The van der Waals surface area contributed by atoms with Gasteiger partial charge in [0, 0.05) is 37.9 Å². The highest BCUT2D eigenvalue weighted by molar-refractivity contribution is 5.86. The second kappa shape index (κ2) is 10.8. The summed E-state index contributed by atoms with van der Waals surface area (Å²) in [4.78, 5) is 19.1. The molecule has 0 radical (unpaired) electrons. The fourth-order valence-corrected chi connectivity index (χ4v) is 5.30. The Hall–Kier alpha value is -3.70. The predicted octanol–water partition coefficient (Wildman–Crippen LogP) is 4.94. The van der Waals surface area contributed by atoms with E-state index in [1.54, 1.807) is 6.33 Å². The third-order valence-electron chi connectivity index (χ3n) is 7.43. The van der Waals surface area contributed by atoms with Crippen molar-refractivity contribution >= 4 is 28.6 Å². The number of halogens is 3. The van der Waals surface area contributed by atoms with Gasteiger partial charge in [-0.3, -0.25) is 4.90 Å². The summed E-state index contributed by atoms with van der Waals surface area (Å²) in [6, 6.07) is 15.5. The van der Waals surface area contributed by atoms with Crippen molar-refractivity contribution in [1.82, 2.24) is 24.4 Å². The lowest BCUT2D eigenvalue weighted by Crippen LogP contribution is -2.49. The van der Waals surface area contributed by atoms with Crippen molar-refractivity contribution in [3.63, 3.8) is 0 Å².